The predicted molar refractivity (Wildman–Crippen MR) is 122 cm³/mol. The van der Waals surface area contributed by atoms with Crippen molar-refractivity contribution >= 4 is 15.7 Å². The number of nitrogens with zero attached hydrogens (tertiary/aromatic N) is 2. The van der Waals surface area contributed by atoms with Crippen molar-refractivity contribution in [3.05, 3.63) is 83.0 Å². The Morgan fingerprint density at radius 3 is 2.47 bits per heavy atom. The van der Waals surface area contributed by atoms with E-state index in [1.165, 1.54) is 12.3 Å². The molecule has 2 aromatic heterocycles. The molecule has 0 spiro atoms. The molecule has 0 saturated heterocycles. The molecular formula is C23H25N3O5S. The van der Waals surface area contributed by atoms with Gasteiger partial charge >= 0.3 is 0 Å². The molecule has 0 aliphatic rings. The largest absolute Gasteiger partial charge is 0.493 e. The van der Waals surface area contributed by atoms with Crippen LogP contribution in [-0.4, -0.2) is 36.7 Å². The third kappa shape index (κ3) is 6.27. The van der Waals surface area contributed by atoms with Crippen molar-refractivity contribution in [3.63, 3.8) is 0 Å². The minimum Gasteiger partial charge on any atom is -0.493 e. The van der Waals surface area contributed by atoms with E-state index < -0.39 is 26.7 Å². The summed E-state index contributed by atoms with van der Waals surface area (Å²) in [6, 6.07) is 16.1. The molecule has 1 aromatic carbocycles. The molecule has 0 aliphatic carbocycles. The molecule has 0 radical (unpaired) electrons. The van der Waals surface area contributed by atoms with Gasteiger partial charge in [-0.05, 0) is 47.9 Å². The first-order valence-electron chi connectivity index (χ1n) is 10.1. The van der Waals surface area contributed by atoms with Crippen LogP contribution in [0.3, 0.4) is 0 Å². The van der Waals surface area contributed by atoms with Gasteiger partial charge in [0, 0.05) is 43.3 Å². The fourth-order valence-corrected chi connectivity index (χ4v) is 4.43. The van der Waals surface area contributed by atoms with Crippen LogP contribution in [0.1, 0.15) is 23.9 Å². The number of ether oxygens (including phenoxy) is 1. The lowest BCUT2D eigenvalue weighted by atomic mass is 10.1. The van der Waals surface area contributed by atoms with Crippen LogP contribution in [0.2, 0.25) is 0 Å². The van der Waals surface area contributed by atoms with Gasteiger partial charge in [-0.3, -0.25) is 19.1 Å². The molecule has 0 fully saturated rings. The van der Waals surface area contributed by atoms with Gasteiger partial charge in [0.1, 0.15) is 11.1 Å². The molecule has 9 heteroatoms. The van der Waals surface area contributed by atoms with Gasteiger partial charge in [0.2, 0.25) is 5.91 Å². The summed E-state index contributed by atoms with van der Waals surface area (Å²) in [5.41, 5.74) is 7.05. The van der Waals surface area contributed by atoms with Crippen molar-refractivity contribution in [2.75, 3.05) is 12.9 Å². The Morgan fingerprint density at radius 2 is 1.88 bits per heavy atom. The van der Waals surface area contributed by atoms with Gasteiger partial charge in [-0.2, -0.15) is 0 Å². The Kier molecular flexibility index (Phi) is 7.42. The SMILES string of the molecule is CS(=O)(=O)C(CCC(N)=O)n1ccc(-c2ccc(OCCc3ccccn3)cc2)cc1=O. The first-order chi connectivity index (χ1) is 15.2. The van der Waals surface area contributed by atoms with Gasteiger partial charge in [-0.15, -0.1) is 0 Å². The number of amides is 1. The highest BCUT2D eigenvalue weighted by Gasteiger charge is 2.24. The molecule has 168 valence electrons. The zero-order chi connectivity index (χ0) is 23.1. The number of carbonyl (C=O) groups is 1. The maximum atomic E-state index is 12.6. The zero-order valence-electron chi connectivity index (χ0n) is 17.7. The highest BCUT2D eigenvalue weighted by Crippen LogP contribution is 2.23. The van der Waals surface area contributed by atoms with E-state index in [0.717, 1.165) is 22.1 Å². The number of sulfone groups is 1. The molecule has 0 bridgehead atoms. The third-order valence-electron chi connectivity index (χ3n) is 4.93. The number of aromatic nitrogens is 2. The molecule has 3 rings (SSSR count). The fourth-order valence-electron chi connectivity index (χ4n) is 3.30. The Balaban J connectivity index is 1.71. The van der Waals surface area contributed by atoms with Gasteiger partial charge in [-0.1, -0.05) is 18.2 Å². The summed E-state index contributed by atoms with van der Waals surface area (Å²) in [5.74, 6) is 0.0762. The number of hydrogen-bond donors (Lipinski definition) is 1. The number of hydrogen-bond acceptors (Lipinski definition) is 6. The van der Waals surface area contributed by atoms with Gasteiger partial charge in [-0.25, -0.2) is 8.42 Å². The lowest BCUT2D eigenvalue weighted by Gasteiger charge is -2.18. The quantitative estimate of drug-likeness (QED) is 0.501. The molecule has 0 saturated carbocycles. The topological polar surface area (TPSA) is 121 Å². The Morgan fingerprint density at radius 1 is 1.12 bits per heavy atom. The summed E-state index contributed by atoms with van der Waals surface area (Å²) >= 11 is 0. The first-order valence-corrected chi connectivity index (χ1v) is 12.0. The van der Waals surface area contributed by atoms with Crippen LogP contribution in [0.25, 0.3) is 11.1 Å². The number of nitrogens with two attached hydrogens (primary N) is 1. The number of rotatable bonds is 10. The molecule has 2 N–H and O–H groups in total. The van der Waals surface area contributed by atoms with Crippen molar-refractivity contribution in [2.45, 2.75) is 24.6 Å². The monoisotopic (exact) mass is 455 g/mol. The van der Waals surface area contributed by atoms with Crippen molar-refractivity contribution < 1.29 is 17.9 Å². The summed E-state index contributed by atoms with van der Waals surface area (Å²) < 4.78 is 31.1. The lowest BCUT2D eigenvalue weighted by molar-refractivity contribution is -0.118. The predicted octanol–water partition coefficient (Wildman–Crippen LogP) is 2.34. The van der Waals surface area contributed by atoms with E-state index in [1.807, 2.05) is 42.5 Å². The summed E-state index contributed by atoms with van der Waals surface area (Å²) in [6.45, 7) is 0.491. The van der Waals surface area contributed by atoms with E-state index in [4.69, 9.17) is 10.5 Å². The van der Waals surface area contributed by atoms with Crippen LogP contribution in [0, 0.1) is 0 Å². The molecule has 8 nitrogen and oxygen atoms in total. The van der Waals surface area contributed by atoms with E-state index in [-0.39, 0.29) is 12.8 Å². The van der Waals surface area contributed by atoms with E-state index >= 15 is 0 Å². The van der Waals surface area contributed by atoms with E-state index in [0.29, 0.717) is 24.3 Å². The minimum absolute atomic E-state index is 0.0576. The second-order valence-electron chi connectivity index (χ2n) is 7.39. The normalized spacial score (nSPS) is 12.3. The van der Waals surface area contributed by atoms with Crippen LogP contribution in [0.4, 0.5) is 0 Å². The van der Waals surface area contributed by atoms with Crippen molar-refractivity contribution in [1.29, 1.82) is 0 Å². The van der Waals surface area contributed by atoms with Crippen LogP contribution < -0.4 is 16.0 Å². The molecule has 1 amide bonds. The standard InChI is InChI=1S/C23H25N3O5S/c1-32(29,30)23(10-9-21(24)27)26-14-11-18(16-22(26)28)17-5-7-20(8-6-17)31-15-12-19-4-2-3-13-25-19/h2-8,11,13-14,16,23H,9-10,12,15H2,1H3,(H2,24,27). The van der Waals surface area contributed by atoms with Gasteiger partial charge in [0.15, 0.2) is 9.84 Å². The summed E-state index contributed by atoms with van der Waals surface area (Å²) in [5, 5.41) is -1.15. The number of pyridine rings is 2. The highest BCUT2D eigenvalue weighted by atomic mass is 32.2. The van der Waals surface area contributed by atoms with Crippen LogP contribution >= 0.6 is 0 Å². The second-order valence-corrected chi connectivity index (χ2v) is 9.60. The van der Waals surface area contributed by atoms with Crippen molar-refractivity contribution in [2.24, 2.45) is 5.73 Å². The summed E-state index contributed by atoms with van der Waals surface area (Å²) in [6.07, 6.45) is 4.71. The lowest BCUT2D eigenvalue weighted by Crippen LogP contribution is -2.29. The zero-order valence-corrected chi connectivity index (χ0v) is 18.5. The van der Waals surface area contributed by atoms with Crippen LogP contribution in [-0.2, 0) is 21.1 Å². The van der Waals surface area contributed by atoms with E-state index in [9.17, 15) is 18.0 Å². The highest BCUT2D eigenvalue weighted by molar-refractivity contribution is 7.90. The molecule has 1 atom stereocenters. The van der Waals surface area contributed by atoms with E-state index in [2.05, 4.69) is 4.98 Å². The summed E-state index contributed by atoms with van der Waals surface area (Å²) in [4.78, 5) is 28.0. The van der Waals surface area contributed by atoms with Gasteiger partial charge < -0.3 is 10.5 Å². The maximum Gasteiger partial charge on any atom is 0.252 e. The molecular weight excluding hydrogens is 430 g/mol. The number of benzene rings is 1. The summed E-state index contributed by atoms with van der Waals surface area (Å²) in [7, 11) is -3.61. The Labute approximate surface area is 186 Å². The molecule has 3 aromatic rings. The minimum atomic E-state index is -3.61. The van der Waals surface area contributed by atoms with Gasteiger partial charge in [0.25, 0.3) is 5.56 Å². The van der Waals surface area contributed by atoms with Crippen molar-refractivity contribution in [1.82, 2.24) is 9.55 Å². The molecule has 32 heavy (non-hydrogen) atoms. The molecule has 0 aliphatic heterocycles. The number of carbonyl (C=O) groups excluding carboxylic acids is 1. The number of primary amides is 1. The average molecular weight is 456 g/mol. The maximum absolute atomic E-state index is 12.6. The fraction of sp³-hybridized carbons (Fsp3) is 0.261. The first kappa shape index (κ1) is 23.2. The molecule has 2 heterocycles. The van der Waals surface area contributed by atoms with Crippen molar-refractivity contribution in [3.8, 4) is 16.9 Å². The Bertz CT molecular complexity index is 1220. The Hall–Kier alpha value is -3.46. The molecule has 1 unspecified atom stereocenters. The third-order valence-corrected chi connectivity index (χ3v) is 6.38. The van der Waals surface area contributed by atoms with Gasteiger partial charge in [0.05, 0.1) is 6.61 Å². The smallest absolute Gasteiger partial charge is 0.252 e. The van der Waals surface area contributed by atoms with E-state index in [1.54, 1.807) is 12.3 Å². The van der Waals surface area contributed by atoms with Crippen LogP contribution in [0.5, 0.6) is 5.75 Å². The average Bonchev–Trinajstić information content (AvgIpc) is 2.75. The van der Waals surface area contributed by atoms with Crippen LogP contribution in [0.15, 0.2) is 71.8 Å². The second kappa shape index (κ2) is 10.2.